The average Bonchev–Trinajstić information content (AvgIpc) is 3.44. The highest BCUT2D eigenvalue weighted by atomic mass is 32.2. The van der Waals surface area contributed by atoms with E-state index in [0.29, 0.717) is 96.2 Å². The van der Waals surface area contributed by atoms with Crippen LogP contribution in [0.1, 0.15) is 78.3 Å². The molecule has 77 heavy (non-hydrogen) atoms. The zero-order chi connectivity index (χ0) is 55.1. The van der Waals surface area contributed by atoms with Crippen molar-refractivity contribution in [2.45, 2.75) is 62.9 Å². The summed E-state index contributed by atoms with van der Waals surface area (Å²) < 4.78 is 79.4. The Kier molecular flexibility index (Phi) is 15.6. The van der Waals surface area contributed by atoms with Gasteiger partial charge in [0.1, 0.15) is 17.4 Å². The van der Waals surface area contributed by atoms with Gasteiger partial charge in [-0.05, 0) is 94.0 Å². The summed E-state index contributed by atoms with van der Waals surface area (Å²) in [6.07, 6.45) is 7.82. The van der Waals surface area contributed by atoms with Gasteiger partial charge in [-0.2, -0.15) is 8.61 Å². The minimum Gasteiger partial charge on any atom is -0.390 e. The largest absolute Gasteiger partial charge is 0.390 e. The number of pyridine rings is 2. The van der Waals surface area contributed by atoms with Crippen LogP contribution in [-0.2, 0) is 35.7 Å². The number of fused-ring (bicyclic) bond motifs is 2. The van der Waals surface area contributed by atoms with Crippen LogP contribution in [0.4, 0.5) is 20.2 Å². The number of carbonyl (C=O) groups excluding carboxylic acids is 3. The Hall–Kier alpha value is -6.45. The summed E-state index contributed by atoms with van der Waals surface area (Å²) in [5.74, 6) is -1.25. The van der Waals surface area contributed by atoms with Gasteiger partial charge in [-0.25, -0.2) is 25.6 Å². The van der Waals surface area contributed by atoms with Crippen molar-refractivity contribution in [3.05, 3.63) is 143 Å². The first-order chi connectivity index (χ1) is 36.5. The number of sulfonamides is 2. The van der Waals surface area contributed by atoms with Crippen molar-refractivity contribution < 1.29 is 45.1 Å². The number of piperazine rings is 2. The molecule has 6 heterocycles. The fourth-order valence-electron chi connectivity index (χ4n) is 11.9. The zero-order valence-corrected chi connectivity index (χ0v) is 45.8. The van der Waals surface area contributed by atoms with E-state index >= 15 is 0 Å². The van der Waals surface area contributed by atoms with Gasteiger partial charge < -0.3 is 24.7 Å². The SMILES string of the molecule is CC(=O)C1(c2ccccc2)CCN(c2c(C(=O)N3CCN(S(C)(=O)=O)CC3)cnc3ccc(F)cc23)CC1.CC(C)(O)C1(c2ccccc2)CCN(c2c(C(=O)N3CCN(S(C)(=O)=O)CC3)cnc3ccc(F)cc23)CC1. The first-order valence-corrected chi connectivity index (χ1v) is 29.7. The lowest BCUT2D eigenvalue weighted by molar-refractivity contribution is -0.123. The summed E-state index contributed by atoms with van der Waals surface area (Å²) in [6, 6.07) is 28.5. The zero-order valence-electron chi connectivity index (χ0n) is 44.2. The summed E-state index contributed by atoms with van der Waals surface area (Å²) in [5.41, 5.74) is 3.11. The second-order valence-electron chi connectivity index (χ2n) is 21.3. The third-order valence-corrected chi connectivity index (χ3v) is 19.0. The lowest BCUT2D eigenvalue weighted by atomic mass is 9.63. The molecule has 2 amide bonds. The number of benzene rings is 4. The van der Waals surface area contributed by atoms with Crippen molar-refractivity contribution in [3.8, 4) is 0 Å². The van der Waals surface area contributed by atoms with E-state index in [2.05, 4.69) is 31.9 Å². The van der Waals surface area contributed by atoms with Crippen LogP contribution in [0.2, 0.25) is 0 Å². The van der Waals surface area contributed by atoms with Crippen molar-refractivity contribution in [3.63, 3.8) is 0 Å². The molecule has 0 unspecified atom stereocenters. The van der Waals surface area contributed by atoms with E-state index in [1.165, 1.54) is 45.3 Å². The fourth-order valence-corrected chi connectivity index (χ4v) is 13.6. The molecule has 0 saturated carbocycles. The van der Waals surface area contributed by atoms with Gasteiger partial charge in [-0.1, -0.05) is 60.7 Å². The van der Waals surface area contributed by atoms with Crippen LogP contribution in [0, 0.1) is 11.6 Å². The predicted molar refractivity (Wildman–Crippen MR) is 294 cm³/mol. The number of anilines is 2. The highest BCUT2D eigenvalue weighted by Crippen LogP contribution is 2.47. The number of aromatic nitrogens is 2. The number of nitrogens with zero attached hydrogens (tertiary/aromatic N) is 8. The Morgan fingerprint density at radius 1 is 0.545 bits per heavy atom. The number of Topliss-reactive ketones (excluding diaryl/α,β-unsaturated/α-hetero) is 1. The monoisotopic (exact) mass is 1090 g/mol. The van der Waals surface area contributed by atoms with Crippen molar-refractivity contribution in [2.75, 3.05) is 101 Å². The Labute approximate surface area is 449 Å². The molecule has 4 aliphatic rings. The second-order valence-corrected chi connectivity index (χ2v) is 25.2. The molecule has 0 radical (unpaired) electrons. The highest BCUT2D eigenvalue weighted by molar-refractivity contribution is 7.88. The maximum Gasteiger partial charge on any atom is 0.257 e. The standard InChI is InChI=1S/C29H35FN4O4S.C28H31FN4O4S/c1-28(2,36)29(21-7-5-4-6-8-21)11-13-32(14-12-29)26-23-19-22(30)9-10-25(23)31-20-24(26)27(35)33-15-17-34(18-16-33)39(3,37)38;1-20(34)28(21-6-4-3-5-7-21)10-12-31(13-11-28)26-23-18-22(29)8-9-25(23)30-19-24(26)27(35)32-14-16-33(17-15-32)38(2,36)37/h4-10,19-20,36H,11-18H2,1-3H3;3-9,18-19H,10-17H2,1-2H3. The number of rotatable bonds is 10. The molecule has 4 saturated heterocycles. The Morgan fingerprint density at radius 3 is 1.29 bits per heavy atom. The van der Waals surface area contributed by atoms with Crippen LogP contribution in [0.15, 0.2) is 109 Å². The number of ketones is 1. The van der Waals surface area contributed by atoms with E-state index in [1.54, 1.807) is 35.1 Å². The average molecular weight is 1090 g/mol. The summed E-state index contributed by atoms with van der Waals surface area (Å²) in [4.78, 5) is 56.8. The van der Waals surface area contributed by atoms with E-state index in [1.807, 2.05) is 62.4 Å². The molecular weight excluding hydrogens is 1030 g/mol. The van der Waals surface area contributed by atoms with Gasteiger partial charge >= 0.3 is 0 Å². The topological polar surface area (TPSA) is 185 Å². The summed E-state index contributed by atoms with van der Waals surface area (Å²) >= 11 is 0. The molecule has 6 aromatic rings. The Bertz CT molecular complexity index is 3410. The van der Waals surface area contributed by atoms with Crippen LogP contribution in [0.25, 0.3) is 21.8 Å². The smallest absolute Gasteiger partial charge is 0.257 e. The van der Waals surface area contributed by atoms with Gasteiger partial charge in [0.05, 0.1) is 57.1 Å². The first-order valence-electron chi connectivity index (χ1n) is 26.0. The summed E-state index contributed by atoms with van der Waals surface area (Å²) in [6.45, 7) is 9.38. The van der Waals surface area contributed by atoms with Gasteiger partial charge in [-0.15, -0.1) is 0 Å². The van der Waals surface area contributed by atoms with Crippen LogP contribution < -0.4 is 9.80 Å². The van der Waals surface area contributed by atoms with E-state index in [-0.39, 0.29) is 70.0 Å². The van der Waals surface area contributed by atoms with Crippen LogP contribution in [-0.4, -0.2) is 165 Å². The van der Waals surface area contributed by atoms with Crippen molar-refractivity contribution in [2.24, 2.45) is 0 Å². The molecular formula is C57H66F2N8O8S2. The number of hydrogen-bond donors (Lipinski definition) is 1. The molecule has 4 aliphatic heterocycles. The van der Waals surface area contributed by atoms with E-state index < -0.39 is 48.1 Å². The molecule has 4 fully saturated rings. The molecule has 0 bridgehead atoms. The number of hydrogen-bond acceptors (Lipinski definition) is 12. The third-order valence-electron chi connectivity index (χ3n) is 16.4. The number of halogens is 2. The molecule has 16 nitrogen and oxygen atoms in total. The minimum atomic E-state index is -3.33. The second kappa shape index (κ2) is 21.8. The number of carbonyl (C=O) groups is 3. The fraction of sp³-hybridized carbons (Fsp3) is 0.421. The Balaban J connectivity index is 0.000000188. The lowest BCUT2D eigenvalue weighted by Gasteiger charge is -2.50. The van der Waals surface area contributed by atoms with Gasteiger partial charge in [-0.3, -0.25) is 24.4 Å². The molecule has 20 heteroatoms. The summed E-state index contributed by atoms with van der Waals surface area (Å²) in [5, 5.41) is 12.4. The Morgan fingerprint density at radius 2 is 0.922 bits per heavy atom. The van der Waals surface area contributed by atoms with Crippen molar-refractivity contribution >= 4 is 70.8 Å². The maximum atomic E-state index is 14.5. The highest BCUT2D eigenvalue weighted by Gasteiger charge is 2.48. The van der Waals surface area contributed by atoms with Crippen LogP contribution in [0.5, 0.6) is 0 Å². The predicted octanol–water partition coefficient (Wildman–Crippen LogP) is 6.62. The quantitative estimate of drug-likeness (QED) is 0.155. The molecule has 408 valence electrons. The van der Waals surface area contributed by atoms with Gasteiger partial charge in [0, 0.05) is 107 Å². The molecule has 2 aromatic heterocycles. The third kappa shape index (κ3) is 11.2. The van der Waals surface area contributed by atoms with Crippen LogP contribution in [0.3, 0.4) is 0 Å². The van der Waals surface area contributed by atoms with Gasteiger partial charge in [0.25, 0.3) is 11.8 Å². The van der Waals surface area contributed by atoms with Gasteiger partial charge in [0.15, 0.2) is 0 Å². The van der Waals surface area contributed by atoms with Crippen molar-refractivity contribution in [1.29, 1.82) is 0 Å². The maximum absolute atomic E-state index is 14.5. The van der Waals surface area contributed by atoms with E-state index in [9.17, 15) is 45.1 Å². The molecule has 10 rings (SSSR count). The molecule has 0 atom stereocenters. The molecule has 1 N–H and O–H groups in total. The van der Waals surface area contributed by atoms with Crippen molar-refractivity contribution in [1.82, 2.24) is 28.4 Å². The van der Waals surface area contributed by atoms with Gasteiger partial charge in [0.2, 0.25) is 20.0 Å². The molecule has 4 aromatic carbocycles. The van der Waals surface area contributed by atoms with E-state index in [0.717, 1.165) is 17.4 Å². The van der Waals surface area contributed by atoms with E-state index in [4.69, 9.17) is 0 Å². The number of piperidine rings is 2. The number of amides is 2. The first kappa shape index (κ1) is 55.3. The summed E-state index contributed by atoms with van der Waals surface area (Å²) in [7, 11) is -6.67. The molecule has 0 spiro atoms. The lowest BCUT2D eigenvalue weighted by Crippen LogP contribution is -2.54. The number of aliphatic hydroxyl groups is 1. The molecule has 0 aliphatic carbocycles. The minimum absolute atomic E-state index is 0.106. The van der Waals surface area contributed by atoms with Crippen LogP contribution >= 0.6 is 0 Å². The normalized spacial score (nSPS) is 18.7.